The summed E-state index contributed by atoms with van der Waals surface area (Å²) < 4.78 is 28.9. The lowest BCUT2D eigenvalue weighted by Gasteiger charge is -2.23. The van der Waals surface area contributed by atoms with Gasteiger partial charge in [0.15, 0.2) is 0 Å². The molecule has 1 aliphatic rings. The van der Waals surface area contributed by atoms with E-state index in [2.05, 4.69) is 0 Å². The van der Waals surface area contributed by atoms with Crippen molar-refractivity contribution in [1.82, 2.24) is 4.90 Å². The number of carboxylic acid groups (broad SMARTS) is 1. The van der Waals surface area contributed by atoms with E-state index in [0.717, 1.165) is 23.4 Å². The Bertz CT molecular complexity index is 934. The molecule has 2 atom stereocenters. The van der Waals surface area contributed by atoms with Crippen molar-refractivity contribution in [3.63, 3.8) is 0 Å². The smallest absolute Gasteiger partial charge is 0.335 e. The van der Waals surface area contributed by atoms with Crippen LogP contribution in [0.15, 0.2) is 66.7 Å². The van der Waals surface area contributed by atoms with Gasteiger partial charge in [0.2, 0.25) is 0 Å². The Labute approximate surface area is 183 Å². The summed E-state index contributed by atoms with van der Waals surface area (Å²) in [6.45, 7) is 0.437. The minimum absolute atomic E-state index is 0.125. The van der Waals surface area contributed by atoms with Crippen LogP contribution in [-0.4, -0.2) is 50.8 Å². The van der Waals surface area contributed by atoms with Gasteiger partial charge in [0.1, 0.15) is 6.10 Å². The number of hydrogen-bond acceptors (Lipinski definition) is 4. The van der Waals surface area contributed by atoms with Crippen LogP contribution in [0.2, 0.25) is 0 Å². The second-order valence-corrected chi connectivity index (χ2v) is 8.23. The average molecular weight is 448 g/mol. The Balaban J connectivity index is 1.57. The molecule has 31 heavy (non-hydrogen) atoms. The second-order valence-electron chi connectivity index (χ2n) is 7.26. The summed E-state index contributed by atoms with van der Waals surface area (Å²) in [6.07, 6.45) is 1.84. The van der Waals surface area contributed by atoms with Crippen LogP contribution in [0.25, 0.3) is 0 Å². The largest absolute Gasteiger partial charge is 0.478 e. The minimum atomic E-state index is -3.43. The average Bonchev–Trinajstić information content (AvgIpc) is 3.12. The van der Waals surface area contributed by atoms with E-state index in [9.17, 15) is 23.5 Å². The standard InChI is InChI=1S/C23H23F2NO4S/c24-23(25,18-6-2-1-3-7-18)20(27)13-12-19-15-31-22(30)26(19)14-4-5-16-8-10-17(11-9-16)21(28)29/h1-3,6-13,19-20,27H,4-5,14-15H2,(H,28,29)/b13-12+. The number of carboxylic acids is 1. The summed E-state index contributed by atoms with van der Waals surface area (Å²) in [6, 6.07) is 13.3. The third-order valence-corrected chi connectivity index (χ3v) is 6.11. The molecule has 1 amide bonds. The number of aliphatic hydroxyl groups excluding tert-OH is 1. The maximum absolute atomic E-state index is 14.4. The number of aliphatic hydroxyl groups is 1. The SMILES string of the molecule is O=C(O)c1ccc(CCCN2C(=O)SCC2/C=C/C(O)C(F)(F)c2ccccc2)cc1. The zero-order chi connectivity index (χ0) is 22.4. The summed E-state index contributed by atoms with van der Waals surface area (Å²) in [5.41, 5.74) is 0.898. The van der Waals surface area contributed by atoms with Crippen LogP contribution < -0.4 is 0 Å². The molecule has 0 aromatic heterocycles. The number of aromatic carboxylic acids is 1. The van der Waals surface area contributed by atoms with Crippen LogP contribution in [0.3, 0.4) is 0 Å². The molecule has 1 saturated heterocycles. The number of alkyl halides is 2. The molecule has 1 aliphatic heterocycles. The predicted molar refractivity (Wildman–Crippen MR) is 116 cm³/mol. The van der Waals surface area contributed by atoms with Crippen LogP contribution >= 0.6 is 11.8 Å². The first-order valence-electron chi connectivity index (χ1n) is 9.84. The van der Waals surface area contributed by atoms with Gasteiger partial charge < -0.3 is 15.1 Å². The molecule has 0 bridgehead atoms. The molecule has 5 nitrogen and oxygen atoms in total. The third-order valence-electron chi connectivity index (χ3n) is 5.12. The number of amides is 1. The lowest BCUT2D eigenvalue weighted by Crippen LogP contribution is -2.34. The highest BCUT2D eigenvalue weighted by atomic mass is 32.2. The highest BCUT2D eigenvalue weighted by molar-refractivity contribution is 8.13. The van der Waals surface area contributed by atoms with Crippen LogP contribution in [0.5, 0.6) is 0 Å². The summed E-state index contributed by atoms with van der Waals surface area (Å²) >= 11 is 1.12. The van der Waals surface area contributed by atoms with Gasteiger partial charge in [-0.3, -0.25) is 4.79 Å². The molecule has 2 aromatic rings. The molecule has 1 heterocycles. The molecule has 0 spiro atoms. The van der Waals surface area contributed by atoms with Crippen molar-refractivity contribution in [3.05, 3.63) is 83.4 Å². The fourth-order valence-electron chi connectivity index (χ4n) is 3.33. The van der Waals surface area contributed by atoms with E-state index in [4.69, 9.17) is 5.11 Å². The van der Waals surface area contributed by atoms with Gasteiger partial charge in [-0.1, -0.05) is 66.4 Å². The quantitative estimate of drug-likeness (QED) is 0.551. The highest BCUT2D eigenvalue weighted by Crippen LogP contribution is 2.33. The van der Waals surface area contributed by atoms with Gasteiger partial charge in [0.25, 0.3) is 5.24 Å². The zero-order valence-electron chi connectivity index (χ0n) is 16.7. The predicted octanol–water partition coefficient (Wildman–Crippen LogP) is 4.56. The number of thioether (sulfide) groups is 1. The normalized spacial score (nSPS) is 18.0. The molecule has 0 aliphatic carbocycles. The molecule has 3 rings (SSSR count). The van der Waals surface area contributed by atoms with Gasteiger partial charge in [-0.15, -0.1) is 0 Å². The Morgan fingerprint density at radius 1 is 1.19 bits per heavy atom. The summed E-state index contributed by atoms with van der Waals surface area (Å²) in [5.74, 6) is -3.98. The molecular weight excluding hydrogens is 424 g/mol. The van der Waals surface area contributed by atoms with E-state index in [1.165, 1.54) is 42.5 Å². The molecule has 164 valence electrons. The van der Waals surface area contributed by atoms with Gasteiger partial charge in [-0.2, -0.15) is 8.78 Å². The van der Waals surface area contributed by atoms with Crippen molar-refractivity contribution in [2.24, 2.45) is 0 Å². The highest BCUT2D eigenvalue weighted by Gasteiger charge is 2.39. The Hall–Kier alpha value is -2.71. The van der Waals surface area contributed by atoms with Crippen LogP contribution in [-0.2, 0) is 12.3 Å². The van der Waals surface area contributed by atoms with Crippen molar-refractivity contribution < 1.29 is 28.6 Å². The molecule has 8 heteroatoms. The molecule has 2 unspecified atom stereocenters. The van der Waals surface area contributed by atoms with E-state index in [1.807, 2.05) is 0 Å². The third kappa shape index (κ3) is 5.71. The van der Waals surface area contributed by atoms with Crippen molar-refractivity contribution in [2.75, 3.05) is 12.3 Å². The number of halogens is 2. The Kier molecular flexibility index (Phi) is 7.46. The minimum Gasteiger partial charge on any atom is -0.478 e. The second kappa shape index (κ2) is 10.1. The molecular formula is C23H23F2NO4S. The Morgan fingerprint density at radius 3 is 2.52 bits per heavy atom. The Morgan fingerprint density at radius 2 is 1.87 bits per heavy atom. The van der Waals surface area contributed by atoms with Crippen LogP contribution in [0, 0.1) is 0 Å². The topological polar surface area (TPSA) is 77.8 Å². The van der Waals surface area contributed by atoms with E-state index < -0.39 is 18.0 Å². The van der Waals surface area contributed by atoms with E-state index >= 15 is 0 Å². The van der Waals surface area contributed by atoms with Gasteiger partial charge >= 0.3 is 11.9 Å². The fourth-order valence-corrected chi connectivity index (χ4v) is 4.33. The first kappa shape index (κ1) is 23.0. The van der Waals surface area contributed by atoms with Gasteiger partial charge in [-0.05, 0) is 30.5 Å². The number of benzene rings is 2. The lowest BCUT2D eigenvalue weighted by atomic mass is 10.0. The maximum atomic E-state index is 14.4. The molecule has 0 saturated carbocycles. The summed E-state index contributed by atoms with van der Waals surface area (Å²) in [5, 5.41) is 18.9. The monoisotopic (exact) mass is 447 g/mol. The molecule has 2 aromatic carbocycles. The number of hydrogen-bond donors (Lipinski definition) is 2. The van der Waals surface area contributed by atoms with Crippen molar-refractivity contribution >= 4 is 23.0 Å². The number of carbonyl (C=O) groups excluding carboxylic acids is 1. The molecule has 2 N–H and O–H groups in total. The summed E-state index contributed by atoms with van der Waals surface area (Å²) in [7, 11) is 0. The fraction of sp³-hybridized carbons (Fsp3) is 0.304. The van der Waals surface area contributed by atoms with E-state index in [0.29, 0.717) is 25.1 Å². The van der Waals surface area contributed by atoms with E-state index in [-0.39, 0.29) is 22.4 Å². The van der Waals surface area contributed by atoms with Gasteiger partial charge in [0, 0.05) is 17.9 Å². The number of nitrogens with zero attached hydrogens (tertiary/aromatic N) is 1. The van der Waals surface area contributed by atoms with Crippen molar-refractivity contribution in [2.45, 2.75) is 30.9 Å². The maximum Gasteiger partial charge on any atom is 0.335 e. The van der Waals surface area contributed by atoms with Crippen LogP contribution in [0.1, 0.15) is 27.9 Å². The molecule has 1 fully saturated rings. The first-order valence-corrected chi connectivity index (χ1v) is 10.8. The zero-order valence-corrected chi connectivity index (χ0v) is 17.5. The lowest BCUT2D eigenvalue weighted by molar-refractivity contribution is -0.0929. The number of aryl methyl sites for hydroxylation is 1. The molecule has 0 radical (unpaired) electrons. The van der Waals surface area contributed by atoms with Gasteiger partial charge in [-0.25, -0.2) is 4.79 Å². The van der Waals surface area contributed by atoms with Crippen molar-refractivity contribution in [3.8, 4) is 0 Å². The number of rotatable bonds is 9. The van der Waals surface area contributed by atoms with Crippen LogP contribution in [0.4, 0.5) is 13.6 Å². The van der Waals surface area contributed by atoms with Crippen molar-refractivity contribution in [1.29, 1.82) is 0 Å². The number of carbonyl (C=O) groups is 2. The summed E-state index contributed by atoms with van der Waals surface area (Å²) in [4.78, 5) is 24.7. The van der Waals surface area contributed by atoms with E-state index in [1.54, 1.807) is 23.1 Å². The van der Waals surface area contributed by atoms with Gasteiger partial charge in [0.05, 0.1) is 11.6 Å². The first-order chi connectivity index (χ1) is 14.8.